The van der Waals surface area contributed by atoms with Crippen LogP contribution in [0.15, 0.2) is 36.1 Å². The molecule has 0 saturated carbocycles. The molecule has 3 rings (SSSR count). The molecule has 1 N–H and O–H groups in total. The highest BCUT2D eigenvalue weighted by Gasteiger charge is 2.01. The zero-order valence-electron chi connectivity index (χ0n) is 7.27. The number of aromatic amines is 1. The minimum Gasteiger partial charge on any atom is -0.285 e. The van der Waals surface area contributed by atoms with Gasteiger partial charge in [0, 0.05) is 11.8 Å². The summed E-state index contributed by atoms with van der Waals surface area (Å²) < 4.78 is 1.22. The lowest BCUT2D eigenvalue weighted by Crippen LogP contribution is -1.73. The van der Waals surface area contributed by atoms with E-state index in [1.165, 1.54) is 4.70 Å². The maximum Gasteiger partial charge on any atom is 0.0818 e. The van der Waals surface area contributed by atoms with Gasteiger partial charge in [0.2, 0.25) is 0 Å². The van der Waals surface area contributed by atoms with Crippen molar-refractivity contribution >= 4 is 21.6 Å². The number of hydrogen-bond donors (Lipinski definition) is 1. The number of hydrogen-bond acceptors (Lipinski definition) is 3. The van der Waals surface area contributed by atoms with E-state index >= 15 is 0 Å². The van der Waals surface area contributed by atoms with Crippen molar-refractivity contribution in [2.75, 3.05) is 0 Å². The summed E-state index contributed by atoms with van der Waals surface area (Å²) in [6.45, 7) is 0. The molecule has 0 atom stereocenters. The molecule has 0 aliphatic carbocycles. The van der Waals surface area contributed by atoms with Gasteiger partial charge in [-0.25, -0.2) is 4.98 Å². The van der Waals surface area contributed by atoms with Crippen LogP contribution in [-0.2, 0) is 0 Å². The topological polar surface area (TPSA) is 41.6 Å². The molecule has 4 heteroatoms. The van der Waals surface area contributed by atoms with E-state index < -0.39 is 0 Å². The van der Waals surface area contributed by atoms with Gasteiger partial charge in [0.15, 0.2) is 0 Å². The van der Waals surface area contributed by atoms with Crippen molar-refractivity contribution in [2.24, 2.45) is 0 Å². The fourth-order valence-corrected chi connectivity index (χ4v) is 2.10. The first-order valence-corrected chi connectivity index (χ1v) is 5.14. The first-order valence-electron chi connectivity index (χ1n) is 4.26. The van der Waals surface area contributed by atoms with E-state index in [1.807, 2.05) is 17.9 Å². The molecule has 0 bridgehead atoms. The summed E-state index contributed by atoms with van der Waals surface area (Å²) in [5.41, 5.74) is 5.16. The normalized spacial score (nSPS) is 10.9. The second kappa shape index (κ2) is 2.92. The van der Waals surface area contributed by atoms with Gasteiger partial charge in [-0.05, 0) is 17.7 Å². The minimum atomic E-state index is 1.05. The molecule has 0 radical (unpaired) electrons. The molecular formula is C10H7N3S. The van der Waals surface area contributed by atoms with Crippen molar-refractivity contribution in [3.63, 3.8) is 0 Å². The number of thiazole rings is 1. The predicted molar refractivity (Wildman–Crippen MR) is 57.2 cm³/mol. The average molecular weight is 201 g/mol. The Balaban J connectivity index is 2.23. The highest BCUT2D eigenvalue weighted by atomic mass is 32.1. The van der Waals surface area contributed by atoms with Crippen molar-refractivity contribution in [2.45, 2.75) is 0 Å². The summed E-state index contributed by atoms with van der Waals surface area (Å²) in [5.74, 6) is 0. The number of aromatic nitrogens is 3. The molecule has 0 amide bonds. The Morgan fingerprint density at radius 2 is 2.21 bits per heavy atom. The second-order valence-electron chi connectivity index (χ2n) is 3.02. The molecule has 68 valence electrons. The van der Waals surface area contributed by atoms with Gasteiger partial charge in [-0.3, -0.25) is 5.10 Å². The van der Waals surface area contributed by atoms with Crippen LogP contribution in [-0.4, -0.2) is 15.2 Å². The molecule has 0 aliphatic heterocycles. The third kappa shape index (κ3) is 1.12. The number of rotatable bonds is 1. The lowest BCUT2D eigenvalue weighted by atomic mass is 10.1. The molecular weight excluding hydrogens is 194 g/mol. The Morgan fingerprint density at radius 1 is 1.21 bits per heavy atom. The number of H-pyrrole nitrogens is 1. The van der Waals surface area contributed by atoms with E-state index in [0.717, 1.165) is 16.6 Å². The molecule has 0 saturated heterocycles. The smallest absolute Gasteiger partial charge is 0.0818 e. The van der Waals surface area contributed by atoms with Crippen molar-refractivity contribution in [3.8, 4) is 11.1 Å². The Bertz CT molecular complexity index is 554. The van der Waals surface area contributed by atoms with Crippen LogP contribution in [0.4, 0.5) is 0 Å². The summed E-state index contributed by atoms with van der Waals surface area (Å²) in [6, 6.07) is 6.26. The quantitative estimate of drug-likeness (QED) is 0.657. The summed E-state index contributed by atoms with van der Waals surface area (Å²) in [4.78, 5) is 4.28. The molecule has 3 nitrogen and oxygen atoms in total. The highest BCUT2D eigenvalue weighted by molar-refractivity contribution is 7.16. The van der Waals surface area contributed by atoms with E-state index in [4.69, 9.17) is 0 Å². The Morgan fingerprint density at radius 3 is 3.07 bits per heavy atom. The molecule has 0 fully saturated rings. The maximum atomic E-state index is 4.28. The Hall–Kier alpha value is -1.68. The zero-order chi connectivity index (χ0) is 9.38. The van der Waals surface area contributed by atoms with Gasteiger partial charge in [0.05, 0.1) is 21.9 Å². The van der Waals surface area contributed by atoms with E-state index in [2.05, 4.69) is 33.4 Å². The molecule has 14 heavy (non-hydrogen) atoms. The van der Waals surface area contributed by atoms with E-state index in [9.17, 15) is 0 Å². The van der Waals surface area contributed by atoms with Crippen molar-refractivity contribution < 1.29 is 0 Å². The molecule has 0 spiro atoms. The third-order valence-corrected chi connectivity index (χ3v) is 2.97. The number of nitrogens with zero attached hydrogens (tertiary/aromatic N) is 2. The summed E-state index contributed by atoms with van der Waals surface area (Å²) >= 11 is 1.66. The first kappa shape index (κ1) is 7.70. The van der Waals surface area contributed by atoms with Crippen LogP contribution >= 0.6 is 11.3 Å². The Kier molecular flexibility index (Phi) is 1.61. The fraction of sp³-hybridized carbons (Fsp3) is 0. The van der Waals surface area contributed by atoms with Crippen LogP contribution in [0.2, 0.25) is 0 Å². The van der Waals surface area contributed by atoms with E-state index in [0.29, 0.717) is 0 Å². The van der Waals surface area contributed by atoms with Gasteiger partial charge in [0.1, 0.15) is 0 Å². The maximum absolute atomic E-state index is 4.28. The Labute approximate surface area is 84.4 Å². The fourth-order valence-electron chi connectivity index (χ4n) is 1.45. The van der Waals surface area contributed by atoms with Crippen LogP contribution in [0, 0.1) is 0 Å². The van der Waals surface area contributed by atoms with Crippen LogP contribution < -0.4 is 0 Å². The number of fused-ring (bicyclic) bond motifs is 1. The van der Waals surface area contributed by atoms with Gasteiger partial charge in [-0.2, -0.15) is 5.10 Å². The molecule has 0 unspecified atom stereocenters. The van der Waals surface area contributed by atoms with Crippen molar-refractivity contribution in [1.82, 2.24) is 15.2 Å². The summed E-state index contributed by atoms with van der Waals surface area (Å²) in [7, 11) is 0. The molecule has 2 heterocycles. The lowest BCUT2D eigenvalue weighted by Gasteiger charge is -1.95. The van der Waals surface area contributed by atoms with Crippen LogP contribution in [0.25, 0.3) is 21.3 Å². The minimum absolute atomic E-state index is 1.05. The second-order valence-corrected chi connectivity index (χ2v) is 3.91. The van der Waals surface area contributed by atoms with Crippen LogP contribution in [0.5, 0.6) is 0 Å². The monoisotopic (exact) mass is 201 g/mol. The SMILES string of the molecule is c1nc2cc(-c3cn[nH]c3)ccc2s1. The van der Waals surface area contributed by atoms with E-state index in [-0.39, 0.29) is 0 Å². The van der Waals surface area contributed by atoms with Gasteiger partial charge in [-0.15, -0.1) is 11.3 Å². The zero-order valence-corrected chi connectivity index (χ0v) is 8.08. The van der Waals surface area contributed by atoms with Crippen LogP contribution in [0.1, 0.15) is 0 Å². The molecule has 2 aromatic heterocycles. The molecule has 0 aliphatic rings. The first-order chi connectivity index (χ1) is 6.93. The van der Waals surface area contributed by atoms with E-state index in [1.54, 1.807) is 11.3 Å². The van der Waals surface area contributed by atoms with Gasteiger partial charge < -0.3 is 0 Å². The van der Waals surface area contributed by atoms with Crippen LogP contribution in [0.3, 0.4) is 0 Å². The van der Waals surface area contributed by atoms with Crippen molar-refractivity contribution in [1.29, 1.82) is 0 Å². The van der Waals surface area contributed by atoms with Gasteiger partial charge >= 0.3 is 0 Å². The standard InChI is InChI=1S/C10H7N3S/c1-2-10-9(11-6-14-10)3-7(1)8-4-12-13-5-8/h1-6H,(H,12,13). The molecule has 3 aromatic rings. The summed E-state index contributed by atoms with van der Waals surface area (Å²) in [5, 5.41) is 6.73. The number of benzene rings is 1. The molecule has 1 aromatic carbocycles. The highest BCUT2D eigenvalue weighted by Crippen LogP contribution is 2.24. The predicted octanol–water partition coefficient (Wildman–Crippen LogP) is 2.69. The van der Waals surface area contributed by atoms with Gasteiger partial charge in [0.25, 0.3) is 0 Å². The summed E-state index contributed by atoms with van der Waals surface area (Å²) in [6.07, 6.45) is 3.70. The average Bonchev–Trinajstić information content (AvgIpc) is 2.88. The number of nitrogens with one attached hydrogen (secondary N) is 1. The largest absolute Gasteiger partial charge is 0.285 e. The lowest BCUT2D eigenvalue weighted by molar-refractivity contribution is 1.09. The van der Waals surface area contributed by atoms with Crippen molar-refractivity contribution in [3.05, 3.63) is 36.1 Å². The third-order valence-electron chi connectivity index (χ3n) is 2.16. The van der Waals surface area contributed by atoms with Gasteiger partial charge in [-0.1, -0.05) is 6.07 Å².